The van der Waals surface area contributed by atoms with E-state index in [0.29, 0.717) is 0 Å². The van der Waals surface area contributed by atoms with Gasteiger partial charge in [-0.2, -0.15) is 0 Å². The molecule has 0 aliphatic rings. The second-order valence-corrected chi connectivity index (χ2v) is 7.60. The lowest BCUT2D eigenvalue weighted by Gasteiger charge is -2.23. The first-order valence-electron chi connectivity index (χ1n) is 4.21. The monoisotopic (exact) mass is 324 g/mol. The van der Waals surface area contributed by atoms with Crippen molar-refractivity contribution in [2.75, 3.05) is 6.26 Å². The Morgan fingerprint density at radius 3 is 2.29 bits per heavy atom. The van der Waals surface area contributed by atoms with Crippen LogP contribution in [0.25, 0.3) is 0 Å². The Morgan fingerprint density at radius 2 is 1.86 bits per heavy atom. The van der Waals surface area contributed by atoms with Crippen molar-refractivity contribution in [3.05, 3.63) is 33.4 Å². The molecule has 0 saturated carbocycles. The van der Waals surface area contributed by atoms with Gasteiger partial charge in [0.1, 0.15) is 0 Å². The van der Waals surface area contributed by atoms with Gasteiger partial charge in [-0.25, -0.2) is 8.42 Å². The van der Waals surface area contributed by atoms with Gasteiger partial charge in [0, 0.05) is 9.83 Å². The summed E-state index contributed by atoms with van der Waals surface area (Å²) in [5.41, 5.74) is 0.840. The van der Waals surface area contributed by atoms with Crippen LogP contribution in [0, 0.1) is 3.57 Å². The standard InChI is InChI=1S/C10H13IO2S/c1-10(2,14(3,12)13)8-5-4-6-9(11)7-8/h4-7H,1-3H3. The number of rotatable bonds is 2. The molecule has 14 heavy (non-hydrogen) atoms. The van der Waals surface area contributed by atoms with Crippen LogP contribution in [0.15, 0.2) is 24.3 Å². The zero-order valence-electron chi connectivity index (χ0n) is 8.41. The van der Waals surface area contributed by atoms with Crippen molar-refractivity contribution in [2.24, 2.45) is 0 Å². The first kappa shape index (κ1) is 12.0. The Morgan fingerprint density at radius 1 is 1.29 bits per heavy atom. The number of sulfone groups is 1. The minimum atomic E-state index is -3.08. The lowest BCUT2D eigenvalue weighted by molar-refractivity contribution is 0.561. The highest BCUT2D eigenvalue weighted by Crippen LogP contribution is 2.29. The molecule has 0 unspecified atom stereocenters. The predicted octanol–water partition coefficient (Wildman–Crippen LogP) is 2.57. The number of halogens is 1. The maximum atomic E-state index is 11.6. The van der Waals surface area contributed by atoms with Gasteiger partial charge in [0.15, 0.2) is 9.84 Å². The first-order chi connectivity index (χ1) is 6.25. The lowest BCUT2D eigenvalue weighted by Crippen LogP contribution is -2.28. The third kappa shape index (κ3) is 2.28. The van der Waals surface area contributed by atoms with Crippen LogP contribution in [0.3, 0.4) is 0 Å². The topological polar surface area (TPSA) is 34.1 Å². The van der Waals surface area contributed by atoms with Gasteiger partial charge in [0.2, 0.25) is 0 Å². The van der Waals surface area contributed by atoms with E-state index in [1.165, 1.54) is 6.26 Å². The molecule has 0 radical (unpaired) electrons. The van der Waals surface area contributed by atoms with Crippen LogP contribution in [-0.2, 0) is 14.6 Å². The Labute approximate surface area is 98.8 Å². The fourth-order valence-electron chi connectivity index (χ4n) is 1.08. The Balaban J connectivity index is 3.31. The van der Waals surface area contributed by atoms with Crippen LogP contribution < -0.4 is 0 Å². The van der Waals surface area contributed by atoms with E-state index in [1.54, 1.807) is 13.8 Å². The molecule has 0 fully saturated rings. The van der Waals surface area contributed by atoms with Crippen molar-refractivity contribution in [3.63, 3.8) is 0 Å². The van der Waals surface area contributed by atoms with Gasteiger partial charge in [-0.15, -0.1) is 0 Å². The summed E-state index contributed by atoms with van der Waals surface area (Å²) in [5.74, 6) is 0. The quantitative estimate of drug-likeness (QED) is 0.784. The fraction of sp³-hybridized carbons (Fsp3) is 0.400. The van der Waals surface area contributed by atoms with Gasteiger partial charge in [0.05, 0.1) is 4.75 Å². The van der Waals surface area contributed by atoms with Crippen molar-refractivity contribution in [1.82, 2.24) is 0 Å². The summed E-state index contributed by atoms with van der Waals surface area (Å²) in [6.45, 7) is 3.46. The summed E-state index contributed by atoms with van der Waals surface area (Å²) in [6, 6.07) is 7.58. The molecule has 0 aliphatic heterocycles. The summed E-state index contributed by atoms with van der Waals surface area (Å²) in [6.07, 6.45) is 1.27. The van der Waals surface area contributed by atoms with Crippen LogP contribution in [0.5, 0.6) is 0 Å². The molecule has 0 amide bonds. The number of hydrogen-bond donors (Lipinski definition) is 0. The Kier molecular flexibility index (Phi) is 3.26. The second kappa shape index (κ2) is 3.81. The van der Waals surface area contributed by atoms with Crippen molar-refractivity contribution >= 4 is 32.4 Å². The molecule has 0 bridgehead atoms. The highest BCUT2D eigenvalue weighted by Gasteiger charge is 2.32. The molecular weight excluding hydrogens is 311 g/mol. The smallest absolute Gasteiger partial charge is 0.156 e. The van der Waals surface area contributed by atoms with Crippen molar-refractivity contribution in [2.45, 2.75) is 18.6 Å². The average molecular weight is 324 g/mol. The van der Waals surface area contributed by atoms with Gasteiger partial charge in [-0.1, -0.05) is 12.1 Å². The summed E-state index contributed by atoms with van der Waals surface area (Å²) in [7, 11) is -3.08. The minimum Gasteiger partial charge on any atom is -0.228 e. The molecule has 2 nitrogen and oxygen atoms in total. The van der Waals surface area contributed by atoms with E-state index in [9.17, 15) is 8.42 Å². The summed E-state index contributed by atoms with van der Waals surface area (Å²) < 4.78 is 23.4. The van der Waals surface area contributed by atoms with Crippen LogP contribution in [0.1, 0.15) is 19.4 Å². The van der Waals surface area contributed by atoms with E-state index < -0.39 is 14.6 Å². The zero-order chi connectivity index (χ0) is 11.0. The summed E-state index contributed by atoms with van der Waals surface area (Å²) in [4.78, 5) is 0. The molecule has 0 heterocycles. The molecule has 0 aliphatic carbocycles. The molecular formula is C10H13IO2S. The molecule has 0 spiro atoms. The van der Waals surface area contributed by atoms with Crippen LogP contribution in [-0.4, -0.2) is 14.7 Å². The van der Waals surface area contributed by atoms with E-state index in [4.69, 9.17) is 0 Å². The fourth-order valence-corrected chi connectivity index (χ4v) is 2.18. The highest BCUT2D eigenvalue weighted by atomic mass is 127. The Bertz CT molecular complexity index is 435. The average Bonchev–Trinajstić information content (AvgIpc) is 2.02. The normalized spacial score (nSPS) is 12.9. The van der Waals surface area contributed by atoms with E-state index in [0.717, 1.165) is 9.13 Å². The highest BCUT2D eigenvalue weighted by molar-refractivity contribution is 14.1. The molecule has 0 N–H and O–H groups in total. The van der Waals surface area contributed by atoms with Crippen molar-refractivity contribution in [1.29, 1.82) is 0 Å². The molecule has 78 valence electrons. The number of hydrogen-bond acceptors (Lipinski definition) is 2. The first-order valence-corrected chi connectivity index (χ1v) is 7.18. The maximum absolute atomic E-state index is 11.6. The van der Waals surface area contributed by atoms with Gasteiger partial charge in [-0.3, -0.25) is 0 Å². The van der Waals surface area contributed by atoms with E-state index >= 15 is 0 Å². The zero-order valence-corrected chi connectivity index (χ0v) is 11.4. The third-order valence-corrected chi connectivity index (χ3v) is 5.21. The van der Waals surface area contributed by atoms with Crippen LogP contribution in [0.4, 0.5) is 0 Å². The lowest BCUT2D eigenvalue weighted by atomic mass is 10.0. The van der Waals surface area contributed by atoms with Gasteiger partial charge >= 0.3 is 0 Å². The van der Waals surface area contributed by atoms with E-state index in [2.05, 4.69) is 22.6 Å². The molecule has 0 aromatic heterocycles. The van der Waals surface area contributed by atoms with Crippen molar-refractivity contribution in [3.8, 4) is 0 Å². The third-order valence-electron chi connectivity index (χ3n) is 2.45. The second-order valence-electron chi connectivity index (χ2n) is 3.79. The molecule has 1 aromatic rings. The maximum Gasteiger partial charge on any atom is 0.156 e. The molecule has 4 heteroatoms. The molecule has 0 saturated heterocycles. The Hall–Kier alpha value is -0.100. The van der Waals surface area contributed by atoms with E-state index in [-0.39, 0.29) is 0 Å². The molecule has 1 rings (SSSR count). The summed E-state index contributed by atoms with van der Waals surface area (Å²) >= 11 is 2.18. The molecule has 0 atom stereocenters. The van der Waals surface area contributed by atoms with Gasteiger partial charge in [0.25, 0.3) is 0 Å². The van der Waals surface area contributed by atoms with Gasteiger partial charge in [-0.05, 0) is 54.1 Å². The SMILES string of the molecule is CC(C)(c1cccc(I)c1)S(C)(=O)=O. The van der Waals surface area contributed by atoms with Gasteiger partial charge < -0.3 is 0 Å². The molecule has 1 aromatic carbocycles. The van der Waals surface area contributed by atoms with Crippen LogP contribution in [0.2, 0.25) is 0 Å². The minimum absolute atomic E-state index is 0.811. The van der Waals surface area contributed by atoms with E-state index in [1.807, 2.05) is 24.3 Å². The largest absolute Gasteiger partial charge is 0.228 e. The van der Waals surface area contributed by atoms with Crippen molar-refractivity contribution < 1.29 is 8.42 Å². The number of benzene rings is 1. The summed E-state index contributed by atoms with van der Waals surface area (Å²) in [5, 5.41) is 0. The predicted molar refractivity (Wildman–Crippen MR) is 67.0 cm³/mol. The van der Waals surface area contributed by atoms with Crippen LogP contribution >= 0.6 is 22.6 Å².